The van der Waals surface area contributed by atoms with Gasteiger partial charge >= 0.3 is 0 Å². The van der Waals surface area contributed by atoms with E-state index in [9.17, 15) is 18.8 Å². The summed E-state index contributed by atoms with van der Waals surface area (Å²) in [6, 6.07) is 11.8. The highest BCUT2D eigenvalue weighted by atomic mass is 19.1. The Kier molecular flexibility index (Phi) is 5.87. The third-order valence-corrected chi connectivity index (χ3v) is 4.76. The highest BCUT2D eigenvalue weighted by Gasteiger charge is 2.42. The summed E-state index contributed by atoms with van der Waals surface area (Å²) in [7, 11) is 0. The number of imide groups is 1. The number of fused-ring (bicyclic) bond motifs is 1. The zero-order chi connectivity index (χ0) is 20.3. The molecule has 2 aromatic rings. The van der Waals surface area contributed by atoms with E-state index in [1.54, 1.807) is 36.4 Å². The minimum absolute atomic E-state index is 0.122. The number of halogens is 1. The molecule has 3 rings (SSSR count). The molecule has 146 valence electrons. The molecule has 0 radical (unpaired) electrons. The van der Waals surface area contributed by atoms with E-state index in [0.29, 0.717) is 30.5 Å². The molecule has 0 fully saturated rings. The average Bonchev–Trinajstić information content (AvgIpc) is 2.92. The zero-order valence-corrected chi connectivity index (χ0v) is 15.9. The van der Waals surface area contributed by atoms with E-state index in [4.69, 9.17) is 0 Å². The lowest BCUT2D eigenvalue weighted by atomic mass is 10.0. The lowest BCUT2D eigenvalue weighted by molar-refractivity contribution is -0.125. The van der Waals surface area contributed by atoms with Crippen LogP contribution in [0.1, 0.15) is 46.5 Å². The summed E-state index contributed by atoms with van der Waals surface area (Å²) < 4.78 is 13.0. The summed E-state index contributed by atoms with van der Waals surface area (Å²) in [5.74, 6) is -1.40. The maximum absolute atomic E-state index is 13.0. The van der Waals surface area contributed by atoms with E-state index >= 15 is 0 Å². The Balaban J connectivity index is 1.71. The fourth-order valence-electron chi connectivity index (χ4n) is 3.37. The number of carbonyl (C=O) groups excluding carboxylic acids is 3. The lowest BCUT2D eigenvalue weighted by Gasteiger charge is -2.26. The van der Waals surface area contributed by atoms with Crippen molar-refractivity contribution in [3.05, 3.63) is 71.0 Å². The Morgan fingerprint density at radius 3 is 2.11 bits per heavy atom. The summed E-state index contributed by atoms with van der Waals surface area (Å²) >= 11 is 0. The van der Waals surface area contributed by atoms with E-state index < -0.39 is 17.9 Å². The molecule has 1 aliphatic rings. The van der Waals surface area contributed by atoms with Crippen LogP contribution in [0.4, 0.5) is 4.39 Å². The fraction of sp³-hybridized carbons (Fsp3) is 0.318. The molecule has 0 bridgehead atoms. The van der Waals surface area contributed by atoms with Gasteiger partial charge in [0.2, 0.25) is 5.91 Å². The summed E-state index contributed by atoms with van der Waals surface area (Å²) in [5.41, 5.74) is 1.56. The van der Waals surface area contributed by atoms with Crippen LogP contribution >= 0.6 is 0 Å². The smallest absolute Gasteiger partial charge is 0.262 e. The first-order chi connectivity index (χ1) is 13.4. The largest absolute Gasteiger partial charge is 0.354 e. The van der Waals surface area contributed by atoms with Gasteiger partial charge in [0.1, 0.15) is 11.9 Å². The van der Waals surface area contributed by atoms with Gasteiger partial charge in [-0.05, 0) is 48.6 Å². The molecule has 0 aliphatic carbocycles. The van der Waals surface area contributed by atoms with Gasteiger partial charge in [0, 0.05) is 6.54 Å². The van der Waals surface area contributed by atoms with Crippen molar-refractivity contribution in [1.29, 1.82) is 0 Å². The van der Waals surface area contributed by atoms with Crippen molar-refractivity contribution in [2.45, 2.75) is 32.7 Å². The molecule has 28 heavy (non-hydrogen) atoms. The zero-order valence-electron chi connectivity index (χ0n) is 15.9. The Morgan fingerprint density at radius 1 is 1.00 bits per heavy atom. The van der Waals surface area contributed by atoms with Crippen molar-refractivity contribution in [3.63, 3.8) is 0 Å². The van der Waals surface area contributed by atoms with Gasteiger partial charge in [-0.15, -0.1) is 0 Å². The normalized spacial score (nSPS) is 14.4. The van der Waals surface area contributed by atoms with Gasteiger partial charge in [0.05, 0.1) is 11.1 Å². The highest BCUT2D eigenvalue weighted by molar-refractivity contribution is 6.22. The first kappa shape index (κ1) is 19.7. The van der Waals surface area contributed by atoms with E-state index in [-0.39, 0.29) is 17.6 Å². The van der Waals surface area contributed by atoms with Gasteiger partial charge in [0.25, 0.3) is 11.8 Å². The Bertz CT molecular complexity index is 858. The third kappa shape index (κ3) is 4.11. The highest BCUT2D eigenvalue weighted by Crippen LogP contribution is 2.27. The van der Waals surface area contributed by atoms with Crippen LogP contribution < -0.4 is 5.32 Å². The molecule has 2 aromatic carbocycles. The number of benzene rings is 2. The molecule has 0 aromatic heterocycles. The van der Waals surface area contributed by atoms with E-state index in [1.165, 1.54) is 12.1 Å². The van der Waals surface area contributed by atoms with Gasteiger partial charge in [-0.2, -0.15) is 0 Å². The molecule has 1 unspecified atom stereocenters. The van der Waals surface area contributed by atoms with E-state index in [1.807, 2.05) is 13.8 Å². The van der Waals surface area contributed by atoms with Gasteiger partial charge in [-0.25, -0.2) is 4.39 Å². The topological polar surface area (TPSA) is 66.5 Å². The Morgan fingerprint density at radius 2 is 1.57 bits per heavy atom. The van der Waals surface area contributed by atoms with Gasteiger partial charge in [0.15, 0.2) is 0 Å². The number of rotatable bonds is 7. The molecule has 1 aliphatic heterocycles. The molecule has 3 amide bonds. The van der Waals surface area contributed by atoms with Gasteiger partial charge in [-0.1, -0.05) is 38.1 Å². The molecular formula is C22H23FN2O3. The van der Waals surface area contributed by atoms with Gasteiger partial charge < -0.3 is 5.32 Å². The minimum Gasteiger partial charge on any atom is -0.354 e. The molecule has 1 heterocycles. The molecule has 1 N–H and O–H groups in total. The van der Waals surface area contributed by atoms with E-state index in [0.717, 1.165) is 10.5 Å². The van der Waals surface area contributed by atoms with Crippen LogP contribution in [-0.2, 0) is 11.2 Å². The van der Waals surface area contributed by atoms with Crippen molar-refractivity contribution >= 4 is 17.7 Å². The standard InChI is InChI=1S/C22H23FN2O3/c1-14(2)13-19(20(26)24-12-11-15-7-9-16(23)10-8-15)25-21(27)17-5-3-4-6-18(17)22(25)28/h3-10,14,19H,11-13H2,1-2H3,(H,24,26). The number of carbonyl (C=O) groups is 3. The van der Waals surface area contributed by atoms with Crippen molar-refractivity contribution in [2.75, 3.05) is 6.54 Å². The first-order valence-electron chi connectivity index (χ1n) is 9.37. The maximum Gasteiger partial charge on any atom is 0.262 e. The number of nitrogens with one attached hydrogen (secondary N) is 1. The van der Waals surface area contributed by atoms with Crippen LogP contribution in [0.3, 0.4) is 0 Å². The SMILES string of the molecule is CC(C)CC(C(=O)NCCc1ccc(F)cc1)N1C(=O)c2ccccc2C1=O. The van der Waals surface area contributed by atoms with Gasteiger partial charge in [-0.3, -0.25) is 19.3 Å². The predicted molar refractivity (Wildman–Crippen MR) is 103 cm³/mol. The fourth-order valence-corrected chi connectivity index (χ4v) is 3.37. The van der Waals surface area contributed by atoms with Crippen LogP contribution in [-0.4, -0.2) is 35.2 Å². The summed E-state index contributed by atoms with van der Waals surface area (Å²) in [6.07, 6.45) is 0.913. The molecule has 5 nitrogen and oxygen atoms in total. The summed E-state index contributed by atoms with van der Waals surface area (Å²) in [4.78, 5) is 39.4. The Hall–Kier alpha value is -3.02. The molecule has 6 heteroatoms. The first-order valence-corrected chi connectivity index (χ1v) is 9.37. The van der Waals surface area contributed by atoms with Crippen molar-refractivity contribution < 1.29 is 18.8 Å². The van der Waals surface area contributed by atoms with Crippen LogP contribution in [0.25, 0.3) is 0 Å². The minimum atomic E-state index is -0.861. The summed E-state index contributed by atoms with van der Waals surface area (Å²) in [5, 5.41) is 2.82. The van der Waals surface area contributed by atoms with Crippen LogP contribution in [0, 0.1) is 11.7 Å². The average molecular weight is 382 g/mol. The monoisotopic (exact) mass is 382 g/mol. The van der Waals surface area contributed by atoms with Crippen LogP contribution in [0.15, 0.2) is 48.5 Å². The second-order valence-corrected chi connectivity index (χ2v) is 7.34. The quantitative estimate of drug-likeness (QED) is 0.748. The van der Waals surface area contributed by atoms with Crippen LogP contribution in [0.2, 0.25) is 0 Å². The molecule has 0 saturated heterocycles. The van der Waals surface area contributed by atoms with Crippen LogP contribution in [0.5, 0.6) is 0 Å². The maximum atomic E-state index is 13.0. The third-order valence-electron chi connectivity index (χ3n) is 4.76. The number of amides is 3. The Labute approximate surface area is 163 Å². The summed E-state index contributed by atoms with van der Waals surface area (Å²) in [6.45, 7) is 4.22. The lowest BCUT2D eigenvalue weighted by Crippen LogP contribution is -2.50. The second kappa shape index (κ2) is 8.33. The van der Waals surface area contributed by atoms with Crippen molar-refractivity contribution in [1.82, 2.24) is 10.2 Å². The second-order valence-electron chi connectivity index (χ2n) is 7.34. The predicted octanol–water partition coefficient (Wildman–Crippen LogP) is 3.20. The molecule has 0 spiro atoms. The van der Waals surface area contributed by atoms with Crippen molar-refractivity contribution in [2.24, 2.45) is 5.92 Å². The molecule has 1 atom stereocenters. The molecular weight excluding hydrogens is 359 g/mol. The van der Waals surface area contributed by atoms with Crippen molar-refractivity contribution in [3.8, 4) is 0 Å². The molecule has 0 saturated carbocycles. The van der Waals surface area contributed by atoms with E-state index in [2.05, 4.69) is 5.32 Å². The number of hydrogen-bond donors (Lipinski definition) is 1. The number of hydrogen-bond acceptors (Lipinski definition) is 3. The number of nitrogens with zero attached hydrogens (tertiary/aromatic N) is 1.